The lowest BCUT2D eigenvalue weighted by atomic mass is 10.0. The molecule has 0 saturated carbocycles. The van der Waals surface area contributed by atoms with Gasteiger partial charge in [0.1, 0.15) is 5.76 Å². The molecule has 0 spiro atoms. The number of hydrogen-bond acceptors (Lipinski definition) is 7. The van der Waals surface area contributed by atoms with E-state index in [4.69, 9.17) is 14.2 Å². The van der Waals surface area contributed by atoms with Gasteiger partial charge in [0.05, 0.1) is 43.7 Å². The molecule has 184 valence electrons. The largest absolute Gasteiger partial charge is 0.493 e. The number of rotatable bonds is 9. The van der Waals surface area contributed by atoms with Crippen LogP contribution in [-0.4, -0.2) is 55.4 Å². The third-order valence-corrected chi connectivity index (χ3v) is 6.06. The first-order valence-corrected chi connectivity index (χ1v) is 11.9. The van der Waals surface area contributed by atoms with Crippen LogP contribution in [0.2, 0.25) is 0 Å². The number of unbranched alkanes of at least 4 members (excludes halogenated alkanes) is 1. The van der Waals surface area contributed by atoms with Gasteiger partial charge >= 0.3 is 5.97 Å². The molecular weight excluding hydrogens is 446 g/mol. The number of carbonyl (C=O) groups excluding carboxylic acids is 1. The Morgan fingerprint density at radius 3 is 2.63 bits per heavy atom. The Balaban J connectivity index is 1.92. The van der Waals surface area contributed by atoms with Gasteiger partial charge in [-0.15, -0.1) is 0 Å². The minimum atomic E-state index is -0.656. The van der Waals surface area contributed by atoms with Gasteiger partial charge in [-0.05, 0) is 18.1 Å². The van der Waals surface area contributed by atoms with Crippen LogP contribution in [0.4, 0.5) is 5.69 Å². The number of esters is 1. The first kappa shape index (κ1) is 24.5. The SMILES string of the molecule is C=C(OCCCC)c1cc(N2CCOCC2)cn2c(=O)c(Cc3ccccc3)c(C(=O)OC)nc12. The Labute approximate surface area is 204 Å². The van der Waals surface area contributed by atoms with Gasteiger partial charge in [-0.2, -0.15) is 0 Å². The zero-order valence-corrected chi connectivity index (χ0v) is 20.3. The zero-order chi connectivity index (χ0) is 24.8. The lowest BCUT2D eigenvalue weighted by Crippen LogP contribution is -2.37. The Morgan fingerprint density at radius 2 is 1.94 bits per heavy atom. The number of pyridine rings is 1. The van der Waals surface area contributed by atoms with E-state index in [1.807, 2.05) is 36.4 Å². The van der Waals surface area contributed by atoms with E-state index in [1.54, 1.807) is 6.20 Å². The summed E-state index contributed by atoms with van der Waals surface area (Å²) in [5.74, 6) is -0.249. The number of anilines is 1. The van der Waals surface area contributed by atoms with E-state index in [9.17, 15) is 9.59 Å². The lowest BCUT2D eigenvalue weighted by molar-refractivity contribution is 0.0592. The summed E-state index contributed by atoms with van der Waals surface area (Å²) in [6, 6.07) is 11.4. The second kappa shape index (κ2) is 11.2. The molecule has 35 heavy (non-hydrogen) atoms. The smallest absolute Gasteiger partial charge is 0.357 e. The molecule has 0 atom stereocenters. The van der Waals surface area contributed by atoms with Gasteiger partial charge in [-0.3, -0.25) is 9.20 Å². The lowest BCUT2D eigenvalue weighted by Gasteiger charge is -2.29. The number of nitrogens with zero attached hydrogens (tertiary/aromatic N) is 3. The van der Waals surface area contributed by atoms with Gasteiger partial charge in [-0.1, -0.05) is 50.3 Å². The van der Waals surface area contributed by atoms with E-state index < -0.39 is 5.97 Å². The molecule has 8 nitrogen and oxygen atoms in total. The third-order valence-electron chi connectivity index (χ3n) is 6.06. The van der Waals surface area contributed by atoms with Crippen LogP contribution in [-0.2, 0) is 20.6 Å². The Kier molecular flexibility index (Phi) is 7.82. The number of carbonyl (C=O) groups is 1. The third kappa shape index (κ3) is 5.38. The molecular formula is C27H31N3O5. The van der Waals surface area contributed by atoms with Crippen molar-refractivity contribution in [2.24, 2.45) is 0 Å². The van der Waals surface area contributed by atoms with Crippen LogP contribution in [0.1, 0.15) is 46.9 Å². The van der Waals surface area contributed by atoms with Crippen molar-refractivity contribution in [2.75, 3.05) is 44.9 Å². The van der Waals surface area contributed by atoms with Crippen molar-refractivity contribution in [1.29, 1.82) is 0 Å². The number of benzene rings is 1. The molecule has 2 aromatic heterocycles. The van der Waals surface area contributed by atoms with E-state index in [2.05, 4.69) is 23.4 Å². The minimum absolute atomic E-state index is 0.00286. The highest BCUT2D eigenvalue weighted by Crippen LogP contribution is 2.26. The van der Waals surface area contributed by atoms with Gasteiger partial charge in [0.25, 0.3) is 5.56 Å². The molecule has 1 aliphatic rings. The van der Waals surface area contributed by atoms with Gasteiger partial charge < -0.3 is 19.1 Å². The maximum atomic E-state index is 13.8. The molecule has 0 unspecified atom stereocenters. The second-order valence-corrected chi connectivity index (χ2v) is 8.43. The van der Waals surface area contributed by atoms with Gasteiger partial charge in [-0.25, -0.2) is 9.78 Å². The van der Waals surface area contributed by atoms with Crippen LogP contribution in [0.15, 0.2) is 54.0 Å². The molecule has 0 N–H and O–H groups in total. The molecule has 1 aliphatic heterocycles. The normalized spacial score (nSPS) is 13.6. The molecule has 1 saturated heterocycles. The van der Waals surface area contributed by atoms with Crippen LogP contribution in [0.5, 0.6) is 0 Å². The summed E-state index contributed by atoms with van der Waals surface area (Å²) in [5, 5.41) is 0. The van der Waals surface area contributed by atoms with Crippen molar-refractivity contribution in [1.82, 2.24) is 9.38 Å². The predicted octanol–water partition coefficient (Wildman–Crippen LogP) is 3.70. The summed E-state index contributed by atoms with van der Waals surface area (Å²) in [7, 11) is 1.29. The average Bonchev–Trinajstić information content (AvgIpc) is 2.90. The Hall–Kier alpha value is -3.65. The van der Waals surface area contributed by atoms with Crippen LogP contribution in [0, 0.1) is 0 Å². The molecule has 0 aliphatic carbocycles. The summed E-state index contributed by atoms with van der Waals surface area (Å²) < 4.78 is 17.9. The molecule has 0 amide bonds. The average molecular weight is 478 g/mol. The summed E-state index contributed by atoms with van der Waals surface area (Å²) >= 11 is 0. The maximum absolute atomic E-state index is 13.8. The first-order valence-electron chi connectivity index (χ1n) is 11.9. The predicted molar refractivity (Wildman–Crippen MR) is 135 cm³/mol. The van der Waals surface area contributed by atoms with Crippen LogP contribution in [0.3, 0.4) is 0 Å². The molecule has 0 bridgehead atoms. The number of ether oxygens (including phenoxy) is 3. The van der Waals surface area contributed by atoms with Gasteiger partial charge in [0, 0.05) is 25.7 Å². The maximum Gasteiger partial charge on any atom is 0.357 e. The highest BCUT2D eigenvalue weighted by molar-refractivity contribution is 5.90. The van der Waals surface area contributed by atoms with Crippen molar-refractivity contribution in [3.8, 4) is 0 Å². The molecule has 8 heteroatoms. The molecule has 4 rings (SSSR count). The monoisotopic (exact) mass is 477 g/mol. The summed E-state index contributed by atoms with van der Waals surface area (Å²) in [4.78, 5) is 33.4. The molecule has 0 radical (unpaired) electrons. The first-order chi connectivity index (χ1) is 17.0. The second-order valence-electron chi connectivity index (χ2n) is 8.43. The van der Waals surface area contributed by atoms with E-state index in [-0.39, 0.29) is 23.2 Å². The number of aromatic nitrogens is 2. The summed E-state index contributed by atoms with van der Waals surface area (Å²) in [6.45, 7) is 9.31. The summed E-state index contributed by atoms with van der Waals surface area (Å²) in [6.07, 6.45) is 3.89. The Bertz CT molecular complexity index is 1260. The molecule has 3 aromatic rings. The number of hydrogen-bond donors (Lipinski definition) is 0. The van der Waals surface area contributed by atoms with Gasteiger partial charge in [0.2, 0.25) is 0 Å². The van der Waals surface area contributed by atoms with Crippen LogP contribution < -0.4 is 10.5 Å². The number of methoxy groups -OCH3 is 1. The van der Waals surface area contributed by atoms with Crippen molar-refractivity contribution in [3.63, 3.8) is 0 Å². The van der Waals surface area contributed by atoms with E-state index >= 15 is 0 Å². The van der Waals surface area contributed by atoms with Crippen LogP contribution in [0.25, 0.3) is 11.4 Å². The fourth-order valence-corrected chi connectivity index (χ4v) is 4.10. The van der Waals surface area contributed by atoms with Gasteiger partial charge in [0.15, 0.2) is 11.3 Å². The van der Waals surface area contributed by atoms with E-state index in [0.717, 1.165) is 24.1 Å². The molecule has 1 aromatic carbocycles. The van der Waals surface area contributed by atoms with Crippen molar-refractivity contribution in [2.45, 2.75) is 26.2 Å². The number of fused-ring (bicyclic) bond motifs is 1. The van der Waals surface area contributed by atoms with Crippen molar-refractivity contribution in [3.05, 3.63) is 81.9 Å². The fourth-order valence-electron chi connectivity index (χ4n) is 4.10. The zero-order valence-electron chi connectivity index (χ0n) is 20.3. The van der Waals surface area contributed by atoms with E-state index in [0.29, 0.717) is 49.9 Å². The molecule has 3 heterocycles. The standard InChI is InChI=1S/C27H31N3O5/c1-4-5-13-35-19(2)22-17-21(29-11-14-34-15-12-29)18-30-25(22)28-24(27(32)33-3)23(26(30)31)16-20-9-7-6-8-10-20/h6-10,17-18H,2,4-5,11-16H2,1,3H3. The van der Waals surface area contributed by atoms with Crippen molar-refractivity contribution < 1.29 is 19.0 Å². The quantitative estimate of drug-likeness (QED) is 0.264. The minimum Gasteiger partial charge on any atom is -0.493 e. The van der Waals surface area contributed by atoms with E-state index in [1.165, 1.54) is 11.5 Å². The topological polar surface area (TPSA) is 82.4 Å². The Morgan fingerprint density at radius 1 is 1.20 bits per heavy atom. The van der Waals surface area contributed by atoms with Crippen molar-refractivity contribution >= 4 is 23.1 Å². The number of morpholine rings is 1. The molecule has 1 fully saturated rings. The fraction of sp³-hybridized carbons (Fsp3) is 0.370. The highest BCUT2D eigenvalue weighted by atomic mass is 16.5. The van der Waals surface area contributed by atoms with Crippen LogP contribution >= 0.6 is 0 Å². The highest BCUT2D eigenvalue weighted by Gasteiger charge is 2.24. The summed E-state index contributed by atoms with van der Waals surface area (Å²) in [5.41, 5.74) is 2.58.